The molecule has 1 aromatic heterocycles. The van der Waals surface area contributed by atoms with Crippen molar-refractivity contribution in [2.45, 2.75) is 0 Å². The summed E-state index contributed by atoms with van der Waals surface area (Å²) in [4.78, 5) is 11.3. The van der Waals surface area contributed by atoms with Gasteiger partial charge in [-0.3, -0.25) is 0 Å². The zero-order chi connectivity index (χ0) is 20.1. The molecule has 0 spiro atoms. The first-order valence-electron chi connectivity index (χ1n) is 8.30. The van der Waals surface area contributed by atoms with E-state index < -0.39 is 11.5 Å². The first kappa shape index (κ1) is 18.7. The number of aliphatic carboxylic acids is 1. The largest absolute Gasteiger partial charge is 0.497 e. The molecule has 0 saturated carbocycles. The second-order valence-electron chi connectivity index (χ2n) is 5.75. The van der Waals surface area contributed by atoms with Gasteiger partial charge in [-0.2, -0.15) is 10.4 Å². The molecule has 0 aliphatic carbocycles. The number of carboxylic acids is 1. The average Bonchev–Trinajstić information content (AvgIpc) is 3.15. The van der Waals surface area contributed by atoms with Gasteiger partial charge in [0.2, 0.25) is 0 Å². The van der Waals surface area contributed by atoms with Crippen molar-refractivity contribution in [3.63, 3.8) is 0 Å². The van der Waals surface area contributed by atoms with Crippen LogP contribution in [-0.2, 0) is 4.79 Å². The smallest absolute Gasteiger partial charge is 0.346 e. The van der Waals surface area contributed by atoms with E-state index in [9.17, 15) is 9.90 Å². The molecule has 7 heteroatoms. The van der Waals surface area contributed by atoms with Gasteiger partial charge in [-0.15, -0.1) is 0 Å². The Morgan fingerprint density at radius 1 is 1.18 bits per heavy atom. The summed E-state index contributed by atoms with van der Waals surface area (Å²) in [6.07, 6.45) is 2.97. The first-order chi connectivity index (χ1) is 13.6. The van der Waals surface area contributed by atoms with E-state index in [2.05, 4.69) is 5.10 Å². The van der Waals surface area contributed by atoms with Crippen molar-refractivity contribution in [2.24, 2.45) is 0 Å². The van der Waals surface area contributed by atoms with Crippen molar-refractivity contribution >= 4 is 12.0 Å². The molecule has 140 valence electrons. The standard InChI is InChI=1S/C21H17N3O4/c1-27-17-8-9-19(28-2)18(11-17)20-15(10-14(12-22)21(25)26)13-24(23-20)16-6-4-3-5-7-16/h3-11,13H,1-2H3,(H,25,26)/b14-10+. The van der Waals surface area contributed by atoms with Crippen molar-refractivity contribution in [1.29, 1.82) is 5.26 Å². The van der Waals surface area contributed by atoms with E-state index in [4.69, 9.17) is 14.7 Å². The maximum absolute atomic E-state index is 11.3. The zero-order valence-corrected chi connectivity index (χ0v) is 15.3. The van der Waals surface area contributed by atoms with E-state index in [1.54, 1.807) is 42.3 Å². The van der Waals surface area contributed by atoms with Crippen LogP contribution in [0.2, 0.25) is 0 Å². The third-order valence-electron chi connectivity index (χ3n) is 4.08. The van der Waals surface area contributed by atoms with E-state index >= 15 is 0 Å². The number of hydrogen-bond donors (Lipinski definition) is 1. The van der Waals surface area contributed by atoms with Crippen LogP contribution >= 0.6 is 0 Å². The molecule has 0 aliphatic rings. The number of benzene rings is 2. The number of carbonyl (C=O) groups is 1. The van der Waals surface area contributed by atoms with E-state index in [0.717, 1.165) is 5.69 Å². The van der Waals surface area contributed by atoms with Crippen LogP contribution in [0.5, 0.6) is 11.5 Å². The number of aromatic nitrogens is 2. The van der Waals surface area contributed by atoms with Crippen molar-refractivity contribution in [1.82, 2.24) is 9.78 Å². The van der Waals surface area contributed by atoms with Gasteiger partial charge in [0.05, 0.1) is 19.9 Å². The third kappa shape index (κ3) is 3.71. The highest BCUT2D eigenvalue weighted by atomic mass is 16.5. The lowest BCUT2D eigenvalue weighted by atomic mass is 10.0. The molecule has 3 aromatic rings. The fourth-order valence-corrected chi connectivity index (χ4v) is 2.71. The molecule has 0 amide bonds. The fraction of sp³-hybridized carbons (Fsp3) is 0.0952. The fourth-order valence-electron chi connectivity index (χ4n) is 2.71. The molecule has 0 bridgehead atoms. The predicted molar refractivity (Wildman–Crippen MR) is 103 cm³/mol. The van der Waals surface area contributed by atoms with Gasteiger partial charge in [0.15, 0.2) is 0 Å². The molecular weight excluding hydrogens is 358 g/mol. The summed E-state index contributed by atoms with van der Waals surface area (Å²) < 4.78 is 12.4. The summed E-state index contributed by atoms with van der Waals surface area (Å²) in [5.74, 6) is -0.167. The second-order valence-corrected chi connectivity index (χ2v) is 5.75. The second kappa shape index (κ2) is 8.10. The SMILES string of the molecule is COc1ccc(OC)c(-c2nn(-c3ccccc3)cc2/C=C(\C#N)C(=O)O)c1. The molecule has 0 saturated heterocycles. The predicted octanol–water partition coefficient (Wildman–Crippen LogP) is 3.55. The molecule has 1 N–H and O–H groups in total. The lowest BCUT2D eigenvalue weighted by Crippen LogP contribution is -1.97. The average molecular weight is 375 g/mol. The molecule has 0 aliphatic heterocycles. The van der Waals surface area contributed by atoms with Crippen molar-refractivity contribution in [3.8, 4) is 34.5 Å². The summed E-state index contributed by atoms with van der Waals surface area (Å²) in [5, 5.41) is 23.0. The molecule has 28 heavy (non-hydrogen) atoms. The molecular formula is C21H17N3O4. The van der Waals surface area contributed by atoms with Gasteiger partial charge in [-0.1, -0.05) is 18.2 Å². The van der Waals surface area contributed by atoms with Crippen molar-refractivity contribution in [3.05, 3.63) is 65.9 Å². The quantitative estimate of drug-likeness (QED) is 0.523. The maximum atomic E-state index is 11.3. The normalized spacial score (nSPS) is 11.0. The number of para-hydroxylation sites is 1. The van der Waals surface area contributed by atoms with E-state index in [-0.39, 0.29) is 0 Å². The van der Waals surface area contributed by atoms with Gasteiger partial charge in [0.1, 0.15) is 28.8 Å². The van der Waals surface area contributed by atoms with Crippen LogP contribution in [0.25, 0.3) is 23.0 Å². The van der Waals surface area contributed by atoms with Gasteiger partial charge in [0, 0.05) is 17.3 Å². The van der Waals surface area contributed by atoms with Gasteiger partial charge >= 0.3 is 5.97 Å². The number of nitriles is 1. The lowest BCUT2D eigenvalue weighted by Gasteiger charge is -2.09. The minimum absolute atomic E-state index is 0.393. The topological polar surface area (TPSA) is 97.4 Å². The van der Waals surface area contributed by atoms with Gasteiger partial charge in [-0.05, 0) is 36.4 Å². The Morgan fingerprint density at radius 2 is 1.93 bits per heavy atom. The highest BCUT2D eigenvalue weighted by molar-refractivity contribution is 5.97. The molecule has 0 unspecified atom stereocenters. The van der Waals surface area contributed by atoms with Crippen LogP contribution in [0, 0.1) is 11.3 Å². The Hall–Kier alpha value is -4.05. The summed E-state index contributed by atoms with van der Waals surface area (Å²) >= 11 is 0. The Bertz CT molecular complexity index is 1080. The van der Waals surface area contributed by atoms with Crippen LogP contribution in [-0.4, -0.2) is 35.1 Å². The molecule has 3 rings (SSSR count). The zero-order valence-electron chi connectivity index (χ0n) is 15.3. The number of rotatable bonds is 6. The summed E-state index contributed by atoms with van der Waals surface area (Å²) in [5.41, 5.74) is 1.95. The minimum Gasteiger partial charge on any atom is -0.497 e. The van der Waals surface area contributed by atoms with Crippen molar-refractivity contribution < 1.29 is 19.4 Å². The number of hydrogen-bond acceptors (Lipinski definition) is 5. The molecule has 7 nitrogen and oxygen atoms in total. The minimum atomic E-state index is -1.31. The highest BCUT2D eigenvalue weighted by Gasteiger charge is 2.18. The molecule has 0 fully saturated rings. The van der Waals surface area contributed by atoms with E-state index in [1.807, 2.05) is 30.3 Å². The van der Waals surface area contributed by atoms with Crippen LogP contribution in [0.4, 0.5) is 0 Å². The number of nitrogens with zero attached hydrogens (tertiary/aromatic N) is 3. The Kier molecular flexibility index (Phi) is 5.42. The Labute approximate surface area is 161 Å². The lowest BCUT2D eigenvalue weighted by molar-refractivity contribution is -0.132. The van der Waals surface area contributed by atoms with E-state index in [1.165, 1.54) is 13.2 Å². The molecule has 0 atom stereocenters. The summed E-state index contributed by atoms with van der Waals surface area (Å²) in [6.45, 7) is 0. The first-order valence-corrected chi connectivity index (χ1v) is 8.30. The summed E-state index contributed by atoms with van der Waals surface area (Å²) in [6, 6.07) is 16.3. The van der Waals surface area contributed by atoms with Crippen LogP contribution in [0.15, 0.2) is 60.3 Å². The Morgan fingerprint density at radius 3 is 2.54 bits per heavy atom. The van der Waals surface area contributed by atoms with Crippen LogP contribution < -0.4 is 9.47 Å². The summed E-state index contributed by atoms with van der Waals surface area (Å²) in [7, 11) is 3.08. The van der Waals surface area contributed by atoms with Crippen LogP contribution in [0.3, 0.4) is 0 Å². The molecule has 0 radical (unpaired) electrons. The Balaban J connectivity index is 2.26. The monoisotopic (exact) mass is 375 g/mol. The molecule has 1 heterocycles. The van der Waals surface area contributed by atoms with Gasteiger partial charge in [-0.25, -0.2) is 9.48 Å². The van der Waals surface area contributed by atoms with Gasteiger partial charge < -0.3 is 14.6 Å². The van der Waals surface area contributed by atoms with Crippen LogP contribution in [0.1, 0.15) is 5.56 Å². The highest BCUT2D eigenvalue weighted by Crippen LogP contribution is 2.35. The molecule has 2 aromatic carbocycles. The number of ether oxygens (including phenoxy) is 2. The van der Waals surface area contributed by atoms with E-state index in [0.29, 0.717) is 28.3 Å². The maximum Gasteiger partial charge on any atom is 0.346 e. The van der Waals surface area contributed by atoms with Crippen molar-refractivity contribution in [2.75, 3.05) is 14.2 Å². The number of methoxy groups -OCH3 is 2. The van der Waals surface area contributed by atoms with Gasteiger partial charge in [0.25, 0.3) is 0 Å². The number of carboxylic acid groups (broad SMARTS) is 1. The third-order valence-corrected chi connectivity index (χ3v) is 4.08.